The number of nitrogens with one attached hydrogen (secondary N) is 1. The summed E-state index contributed by atoms with van der Waals surface area (Å²) in [5.41, 5.74) is 3.77. The minimum Gasteiger partial charge on any atom is -0.344 e. The molecule has 1 N–H and O–H groups in total. The van der Waals surface area contributed by atoms with E-state index in [9.17, 15) is 4.79 Å². The van der Waals surface area contributed by atoms with Crippen molar-refractivity contribution in [3.63, 3.8) is 0 Å². The number of rotatable bonds is 3. The molecule has 0 bridgehead atoms. The first-order chi connectivity index (χ1) is 12.2. The second-order valence-electron chi connectivity index (χ2n) is 6.30. The summed E-state index contributed by atoms with van der Waals surface area (Å²) in [5.74, 6) is -0.0694. The summed E-state index contributed by atoms with van der Waals surface area (Å²) in [7, 11) is 0. The first-order valence-electron chi connectivity index (χ1n) is 8.49. The maximum Gasteiger partial charge on any atom is 0.253 e. The quantitative estimate of drug-likeness (QED) is 0.766. The zero-order chi connectivity index (χ0) is 17.2. The number of fused-ring (bicyclic) bond motifs is 1. The number of nitrogens with zero attached hydrogens (tertiary/aromatic N) is 2. The smallest absolute Gasteiger partial charge is 0.253 e. The maximum absolute atomic E-state index is 12.5. The van der Waals surface area contributed by atoms with Crippen LogP contribution in [0.25, 0.3) is 10.6 Å². The van der Waals surface area contributed by atoms with Gasteiger partial charge in [-0.1, -0.05) is 30.3 Å². The molecule has 4 rings (SSSR count). The van der Waals surface area contributed by atoms with E-state index in [1.54, 1.807) is 17.5 Å². The summed E-state index contributed by atoms with van der Waals surface area (Å²) >= 11 is 1.69. The zero-order valence-electron chi connectivity index (χ0n) is 14.0. The van der Waals surface area contributed by atoms with Gasteiger partial charge in [-0.15, -0.1) is 11.3 Å². The van der Waals surface area contributed by atoms with Crippen LogP contribution < -0.4 is 5.32 Å². The topological polar surface area (TPSA) is 54.9 Å². The van der Waals surface area contributed by atoms with Crippen molar-refractivity contribution in [2.45, 2.75) is 32.2 Å². The van der Waals surface area contributed by atoms with E-state index in [2.05, 4.69) is 22.4 Å². The molecule has 1 aromatic carbocycles. The SMILES string of the molecule is Cc1ccc(C(=O)N[C@H]2CCCc3nc(-c4ccccc4)sc32)cn1. The van der Waals surface area contributed by atoms with Crippen LogP contribution in [0.5, 0.6) is 0 Å². The highest BCUT2D eigenvalue weighted by atomic mass is 32.1. The molecule has 1 amide bonds. The number of carbonyl (C=O) groups excluding carboxylic acids is 1. The van der Waals surface area contributed by atoms with Crippen LogP contribution in [0, 0.1) is 6.92 Å². The van der Waals surface area contributed by atoms with Crippen LogP contribution in [0.2, 0.25) is 0 Å². The van der Waals surface area contributed by atoms with Gasteiger partial charge in [-0.3, -0.25) is 9.78 Å². The molecular weight excluding hydrogens is 330 g/mol. The lowest BCUT2D eigenvalue weighted by Gasteiger charge is -2.22. The molecule has 1 aliphatic rings. The van der Waals surface area contributed by atoms with Gasteiger partial charge in [-0.05, 0) is 38.3 Å². The molecule has 4 nitrogen and oxygen atoms in total. The number of aromatic nitrogens is 2. The van der Waals surface area contributed by atoms with Crippen molar-refractivity contribution in [1.29, 1.82) is 0 Å². The number of carbonyl (C=O) groups is 1. The van der Waals surface area contributed by atoms with Gasteiger partial charge < -0.3 is 5.32 Å². The fourth-order valence-corrected chi connectivity index (χ4v) is 4.31. The van der Waals surface area contributed by atoms with Gasteiger partial charge in [0.05, 0.1) is 22.2 Å². The van der Waals surface area contributed by atoms with Crippen LogP contribution in [0.4, 0.5) is 0 Å². The molecule has 0 saturated heterocycles. The molecule has 0 fully saturated rings. The Labute approximate surface area is 151 Å². The Bertz CT molecular complexity index is 887. The lowest BCUT2D eigenvalue weighted by atomic mass is 9.98. The highest BCUT2D eigenvalue weighted by Gasteiger charge is 2.26. The predicted octanol–water partition coefficient (Wildman–Crippen LogP) is 4.32. The van der Waals surface area contributed by atoms with Crippen molar-refractivity contribution in [3.05, 3.63) is 70.5 Å². The van der Waals surface area contributed by atoms with Crippen molar-refractivity contribution in [2.24, 2.45) is 0 Å². The Hall–Kier alpha value is -2.53. The largest absolute Gasteiger partial charge is 0.344 e. The van der Waals surface area contributed by atoms with Gasteiger partial charge >= 0.3 is 0 Å². The van der Waals surface area contributed by atoms with Crippen molar-refractivity contribution in [1.82, 2.24) is 15.3 Å². The van der Waals surface area contributed by atoms with E-state index < -0.39 is 0 Å². The van der Waals surface area contributed by atoms with Crippen LogP contribution in [0.1, 0.15) is 45.5 Å². The molecule has 0 radical (unpaired) electrons. The third-order valence-corrected chi connectivity index (χ3v) is 5.71. The van der Waals surface area contributed by atoms with Gasteiger partial charge in [-0.2, -0.15) is 0 Å². The molecule has 25 heavy (non-hydrogen) atoms. The summed E-state index contributed by atoms with van der Waals surface area (Å²) in [4.78, 5) is 22.8. The van der Waals surface area contributed by atoms with E-state index in [0.29, 0.717) is 5.56 Å². The van der Waals surface area contributed by atoms with Crippen molar-refractivity contribution in [2.75, 3.05) is 0 Å². The van der Waals surface area contributed by atoms with Gasteiger partial charge in [0, 0.05) is 17.5 Å². The number of hydrogen-bond donors (Lipinski definition) is 1. The molecule has 0 aliphatic heterocycles. The molecule has 2 heterocycles. The number of amides is 1. The summed E-state index contributed by atoms with van der Waals surface area (Å²) in [6.45, 7) is 1.91. The first kappa shape index (κ1) is 16.0. The van der Waals surface area contributed by atoms with E-state index >= 15 is 0 Å². The second kappa shape index (κ2) is 6.76. The van der Waals surface area contributed by atoms with Crippen LogP contribution in [-0.2, 0) is 6.42 Å². The Morgan fingerprint density at radius 2 is 2.04 bits per heavy atom. The van der Waals surface area contributed by atoms with Crippen molar-refractivity contribution < 1.29 is 4.79 Å². The molecule has 0 spiro atoms. The van der Waals surface area contributed by atoms with E-state index in [4.69, 9.17) is 4.98 Å². The van der Waals surface area contributed by atoms with Gasteiger partial charge in [0.15, 0.2) is 0 Å². The normalized spacial score (nSPS) is 16.3. The lowest BCUT2D eigenvalue weighted by Crippen LogP contribution is -2.30. The van der Waals surface area contributed by atoms with Gasteiger partial charge in [-0.25, -0.2) is 4.98 Å². The van der Waals surface area contributed by atoms with Crippen LogP contribution in [0.15, 0.2) is 48.7 Å². The molecule has 0 unspecified atom stereocenters. The summed E-state index contributed by atoms with van der Waals surface area (Å²) < 4.78 is 0. The maximum atomic E-state index is 12.5. The van der Waals surface area contributed by atoms with Gasteiger partial charge in [0.1, 0.15) is 5.01 Å². The molecule has 3 aromatic rings. The highest BCUT2D eigenvalue weighted by Crippen LogP contribution is 2.38. The minimum absolute atomic E-state index is 0.0347. The fraction of sp³-hybridized carbons (Fsp3) is 0.250. The molecular formula is C20H19N3OS. The molecule has 5 heteroatoms. The Balaban J connectivity index is 1.58. The monoisotopic (exact) mass is 349 g/mol. The zero-order valence-corrected chi connectivity index (χ0v) is 14.8. The molecule has 0 saturated carbocycles. The average Bonchev–Trinajstić information content (AvgIpc) is 3.08. The predicted molar refractivity (Wildman–Crippen MR) is 99.7 cm³/mol. The second-order valence-corrected chi connectivity index (χ2v) is 7.33. The van der Waals surface area contributed by atoms with E-state index in [-0.39, 0.29) is 11.9 Å². The minimum atomic E-state index is -0.0694. The third kappa shape index (κ3) is 3.33. The summed E-state index contributed by atoms with van der Waals surface area (Å²) in [6.07, 6.45) is 4.62. The van der Waals surface area contributed by atoms with E-state index in [1.807, 2.05) is 37.3 Å². The summed E-state index contributed by atoms with van der Waals surface area (Å²) in [6, 6.07) is 13.9. The highest BCUT2D eigenvalue weighted by molar-refractivity contribution is 7.15. The van der Waals surface area contributed by atoms with E-state index in [0.717, 1.165) is 41.2 Å². The first-order valence-corrected chi connectivity index (χ1v) is 9.31. The molecule has 126 valence electrons. The van der Waals surface area contributed by atoms with Crippen LogP contribution >= 0.6 is 11.3 Å². The van der Waals surface area contributed by atoms with Gasteiger partial charge in [0.25, 0.3) is 5.91 Å². The Morgan fingerprint density at radius 1 is 1.20 bits per heavy atom. The van der Waals surface area contributed by atoms with Crippen molar-refractivity contribution in [3.8, 4) is 10.6 Å². The van der Waals surface area contributed by atoms with E-state index in [1.165, 1.54) is 4.88 Å². The van der Waals surface area contributed by atoms with Crippen LogP contribution in [-0.4, -0.2) is 15.9 Å². The Kier molecular flexibility index (Phi) is 4.32. The molecule has 1 atom stereocenters. The summed E-state index contributed by atoms with van der Waals surface area (Å²) in [5, 5.41) is 4.20. The standard InChI is InChI=1S/C20H19N3OS/c1-13-10-11-15(12-21-13)19(24)22-16-8-5-9-17-18(16)25-20(23-17)14-6-3-2-4-7-14/h2-4,6-7,10-12,16H,5,8-9H2,1H3,(H,22,24)/t16-/m0/s1. The number of benzene rings is 1. The van der Waals surface area contributed by atoms with Crippen LogP contribution in [0.3, 0.4) is 0 Å². The molecule has 1 aliphatic carbocycles. The number of pyridine rings is 1. The lowest BCUT2D eigenvalue weighted by molar-refractivity contribution is 0.0933. The molecule has 2 aromatic heterocycles. The number of thiazole rings is 1. The third-order valence-electron chi connectivity index (χ3n) is 4.45. The number of hydrogen-bond acceptors (Lipinski definition) is 4. The van der Waals surface area contributed by atoms with Gasteiger partial charge in [0.2, 0.25) is 0 Å². The Morgan fingerprint density at radius 3 is 2.80 bits per heavy atom. The van der Waals surface area contributed by atoms with Crippen molar-refractivity contribution >= 4 is 17.2 Å². The number of aryl methyl sites for hydroxylation is 2. The fourth-order valence-electron chi connectivity index (χ4n) is 3.11. The average molecular weight is 349 g/mol.